The minimum absolute atomic E-state index is 0.0780. The van der Waals surface area contributed by atoms with Crippen LogP contribution in [0.1, 0.15) is 45.4 Å². The zero-order chi connectivity index (χ0) is 15.8. The molecule has 2 rings (SSSR count). The number of carbonyl (C=O) groups is 1. The van der Waals surface area contributed by atoms with E-state index in [1.54, 1.807) is 6.07 Å². The molecule has 0 spiro atoms. The van der Waals surface area contributed by atoms with Crippen LogP contribution in [-0.2, 0) is 4.79 Å². The Labute approximate surface area is 132 Å². The molecule has 1 N–H and O–H groups in total. The average molecular weight is 306 g/mol. The van der Waals surface area contributed by atoms with Crippen molar-refractivity contribution in [3.63, 3.8) is 0 Å². The van der Waals surface area contributed by atoms with Crippen LogP contribution in [-0.4, -0.2) is 25.5 Å². The van der Waals surface area contributed by atoms with E-state index in [0.717, 1.165) is 38.9 Å². The Hall–Kier alpha value is -1.58. The van der Waals surface area contributed by atoms with Crippen LogP contribution in [0.5, 0.6) is 0 Å². The first-order valence-electron chi connectivity index (χ1n) is 8.49. The smallest absolute Gasteiger partial charge is 0.223 e. The molecule has 1 aromatic rings. The third-order valence-electron chi connectivity index (χ3n) is 4.39. The van der Waals surface area contributed by atoms with Crippen molar-refractivity contribution in [2.24, 2.45) is 5.92 Å². The number of benzene rings is 1. The highest BCUT2D eigenvalue weighted by molar-refractivity contribution is 5.79. The lowest BCUT2D eigenvalue weighted by Gasteiger charge is -2.33. The molecule has 22 heavy (non-hydrogen) atoms. The number of hydrogen-bond acceptors (Lipinski definition) is 2. The maximum Gasteiger partial charge on any atom is 0.223 e. The minimum Gasteiger partial charge on any atom is -0.369 e. The average Bonchev–Trinajstić information content (AvgIpc) is 2.55. The van der Waals surface area contributed by atoms with Crippen LogP contribution in [0.4, 0.5) is 10.1 Å². The highest BCUT2D eigenvalue weighted by Gasteiger charge is 2.25. The maximum atomic E-state index is 13.8. The first-order chi connectivity index (χ1) is 10.7. The zero-order valence-electron chi connectivity index (χ0n) is 13.5. The molecule has 0 aromatic heterocycles. The molecule has 0 bridgehead atoms. The van der Waals surface area contributed by atoms with Crippen molar-refractivity contribution in [2.75, 3.05) is 24.5 Å². The third kappa shape index (κ3) is 4.72. The zero-order valence-corrected chi connectivity index (χ0v) is 13.5. The number of unbranched alkanes of at least 4 members (excludes halogenated alkanes) is 3. The van der Waals surface area contributed by atoms with Crippen LogP contribution in [0.3, 0.4) is 0 Å². The number of nitrogens with one attached hydrogen (secondary N) is 1. The molecular formula is C18H27FN2O. The topological polar surface area (TPSA) is 32.3 Å². The van der Waals surface area contributed by atoms with Gasteiger partial charge < -0.3 is 10.2 Å². The van der Waals surface area contributed by atoms with Gasteiger partial charge in [0.2, 0.25) is 5.91 Å². The first-order valence-corrected chi connectivity index (χ1v) is 8.49. The van der Waals surface area contributed by atoms with E-state index in [9.17, 15) is 9.18 Å². The van der Waals surface area contributed by atoms with Crippen molar-refractivity contribution in [2.45, 2.75) is 45.4 Å². The third-order valence-corrected chi connectivity index (χ3v) is 4.39. The molecule has 0 unspecified atom stereocenters. The Morgan fingerprint density at radius 2 is 1.95 bits per heavy atom. The highest BCUT2D eigenvalue weighted by atomic mass is 19.1. The van der Waals surface area contributed by atoms with Gasteiger partial charge in [-0.1, -0.05) is 38.3 Å². The van der Waals surface area contributed by atoms with Gasteiger partial charge in [-0.05, 0) is 31.4 Å². The molecule has 0 radical (unpaired) electrons. The lowest BCUT2D eigenvalue weighted by molar-refractivity contribution is -0.125. The fraction of sp³-hybridized carbons (Fsp3) is 0.611. The molecular weight excluding hydrogens is 279 g/mol. The number of anilines is 1. The molecule has 1 amide bonds. The molecule has 4 heteroatoms. The number of para-hydroxylation sites is 1. The second-order valence-corrected chi connectivity index (χ2v) is 6.06. The highest BCUT2D eigenvalue weighted by Crippen LogP contribution is 2.25. The standard InChI is InChI=1S/C18H27FN2O/c1-2-3-4-7-12-20-18(22)15-10-13-21(14-11-15)17-9-6-5-8-16(17)19/h5-6,8-9,15H,2-4,7,10-14H2,1H3,(H,20,22). The summed E-state index contributed by atoms with van der Waals surface area (Å²) >= 11 is 0. The van der Waals surface area contributed by atoms with Gasteiger partial charge in [-0.3, -0.25) is 4.79 Å². The fourth-order valence-electron chi connectivity index (χ4n) is 3.00. The van der Waals surface area contributed by atoms with E-state index in [1.807, 2.05) is 17.0 Å². The quantitative estimate of drug-likeness (QED) is 0.778. The van der Waals surface area contributed by atoms with Crippen molar-refractivity contribution in [1.29, 1.82) is 0 Å². The summed E-state index contributed by atoms with van der Waals surface area (Å²) in [6.07, 6.45) is 6.29. The second kappa shape index (κ2) is 8.76. The Morgan fingerprint density at radius 3 is 2.64 bits per heavy atom. The molecule has 1 aliphatic rings. The number of rotatable bonds is 7. The number of halogens is 1. The van der Waals surface area contributed by atoms with E-state index in [1.165, 1.54) is 25.3 Å². The minimum atomic E-state index is -0.179. The summed E-state index contributed by atoms with van der Waals surface area (Å²) in [6.45, 7) is 4.46. The molecule has 1 heterocycles. The van der Waals surface area contributed by atoms with Gasteiger partial charge in [0.25, 0.3) is 0 Å². The van der Waals surface area contributed by atoms with Crippen LogP contribution in [0.25, 0.3) is 0 Å². The van der Waals surface area contributed by atoms with Gasteiger partial charge in [-0.25, -0.2) is 4.39 Å². The summed E-state index contributed by atoms with van der Waals surface area (Å²) in [7, 11) is 0. The summed E-state index contributed by atoms with van der Waals surface area (Å²) in [5, 5.41) is 3.05. The molecule has 122 valence electrons. The van der Waals surface area contributed by atoms with Gasteiger partial charge in [0, 0.05) is 25.6 Å². The van der Waals surface area contributed by atoms with Crippen molar-refractivity contribution in [1.82, 2.24) is 5.32 Å². The Kier molecular flexibility index (Phi) is 6.69. The van der Waals surface area contributed by atoms with E-state index >= 15 is 0 Å². The van der Waals surface area contributed by atoms with Crippen LogP contribution < -0.4 is 10.2 Å². The largest absolute Gasteiger partial charge is 0.369 e. The lowest BCUT2D eigenvalue weighted by atomic mass is 9.95. The van der Waals surface area contributed by atoms with Crippen molar-refractivity contribution >= 4 is 11.6 Å². The van der Waals surface area contributed by atoms with Gasteiger partial charge in [0.05, 0.1) is 5.69 Å². The van der Waals surface area contributed by atoms with Crippen LogP contribution in [0.2, 0.25) is 0 Å². The van der Waals surface area contributed by atoms with E-state index in [4.69, 9.17) is 0 Å². The van der Waals surface area contributed by atoms with Crippen LogP contribution in [0.15, 0.2) is 24.3 Å². The predicted octanol–water partition coefficient (Wildman–Crippen LogP) is 3.74. The van der Waals surface area contributed by atoms with Gasteiger partial charge in [0.1, 0.15) is 5.82 Å². The number of carbonyl (C=O) groups excluding carboxylic acids is 1. The maximum absolute atomic E-state index is 13.8. The van der Waals surface area contributed by atoms with Crippen LogP contribution in [0, 0.1) is 11.7 Å². The molecule has 1 aliphatic heterocycles. The Bertz CT molecular complexity index is 470. The molecule has 0 saturated carbocycles. The predicted molar refractivity (Wildman–Crippen MR) is 88.5 cm³/mol. The number of piperidine rings is 1. The fourth-order valence-corrected chi connectivity index (χ4v) is 3.00. The van der Waals surface area contributed by atoms with Gasteiger partial charge in [-0.2, -0.15) is 0 Å². The molecule has 3 nitrogen and oxygen atoms in total. The SMILES string of the molecule is CCCCCCNC(=O)C1CCN(c2ccccc2F)CC1. The van der Waals surface area contributed by atoms with E-state index in [-0.39, 0.29) is 17.6 Å². The van der Waals surface area contributed by atoms with E-state index in [0.29, 0.717) is 5.69 Å². The number of amides is 1. The Balaban J connectivity index is 1.72. The van der Waals surface area contributed by atoms with Crippen LogP contribution >= 0.6 is 0 Å². The van der Waals surface area contributed by atoms with Gasteiger partial charge >= 0.3 is 0 Å². The van der Waals surface area contributed by atoms with E-state index < -0.39 is 0 Å². The first kappa shape index (κ1) is 16.8. The summed E-state index contributed by atoms with van der Waals surface area (Å²) in [4.78, 5) is 14.2. The Morgan fingerprint density at radius 1 is 1.23 bits per heavy atom. The van der Waals surface area contributed by atoms with Gasteiger partial charge in [-0.15, -0.1) is 0 Å². The second-order valence-electron chi connectivity index (χ2n) is 6.06. The number of hydrogen-bond donors (Lipinski definition) is 1. The van der Waals surface area contributed by atoms with E-state index in [2.05, 4.69) is 12.2 Å². The van der Waals surface area contributed by atoms with Crippen molar-refractivity contribution in [3.8, 4) is 0 Å². The summed E-state index contributed by atoms with van der Waals surface area (Å²) < 4.78 is 13.8. The lowest BCUT2D eigenvalue weighted by Crippen LogP contribution is -2.41. The molecule has 1 aromatic carbocycles. The van der Waals surface area contributed by atoms with Crippen molar-refractivity contribution in [3.05, 3.63) is 30.1 Å². The normalized spacial score (nSPS) is 15.8. The number of nitrogens with zero attached hydrogens (tertiary/aromatic N) is 1. The monoisotopic (exact) mass is 306 g/mol. The molecule has 1 saturated heterocycles. The summed E-state index contributed by atoms with van der Waals surface area (Å²) in [5.41, 5.74) is 0.654. The summed E-state index contributed by atoms with van der Waals surface area (Å²) in [5.74, 6) is 0.0696. The summed E-state index contributed by atoms with van der Waals surface area (Å²) in [6, 6.07) is 6.86. The molecule has 1 fully saturated rings. The van der Waals surface area contributed by atoms with Crippen molar-refractivity contribution < 1.29 is 9.18 Å². The molecule has 0 atom stereocenters. The van der Waals surface area contributed by atoms with Gasteiger partial charge in [0.15, 0.2) is 0 Å². The molecule has 0 aliphatic carbocycles.